The maximum Gasteiger partial charge on any atom is 0.242 e. The molecule has 6 heteroatoms. The number of nitrogens with zero attached hydrogens (tertiary/aromatic N) is 4. The predicted octanol–water partition coefficient (Wildman–Crippen LogP) is 1.83. The normalized spacial score (nSPS) is 15.2. The molecule has 1 saturated heterocycles. The Morgan fingerprint density at radius 2 is 1.88 bits per heavy atom. The van der Waals surface area contributed by atoms with Gasteiger partial charge in [-0.15, -0.1) is 0 Å². The Balaban J connectivity index is 1.99. The Labute approximate surface area is 150 Å². The molecule has 6 nitrogen and oxygen atoms in total. The van der Waals surface area contributed by atoms with Gasteiger partial charge in [0.1, 0.15) is 17.8 Å². The van der Waals surface area contributed by atoms with Crippen LogP contribution in [0.1, 0.15) is 13.8 Å². The second-order valence-electron chi connectivity index (χ2n) is 7.14. The molecule has 136 valence electrons. The molecule has 1 heterocycles. The van der Waals surface area contributed by atoms with E-state index in [0.717, 1.165) is 31.1 Å². The highest BCUT2D eigenvalue weighted by molar-refractivity contribution is 5.84. The lowest BCUT2D eigenvalue weighted by molar-refractivity contribution is -0.137. The number of likely N-dealkylation sites (N-methyl/N-ethyl adjacent to an activating group) is 1. The topological polar surface area (TPSA) is 59.8 Å². The van der Waals surface area contributed by atoms with Crippen LogP contribution in [-0.2, 0) is 4.79 Å². The fourth-order valence-electron chi connectivity index (χ4n) is 2.77. The largest absolute Gasteiger partial charge is 0.490 e. The average Bonchev–Trinajstić information content (AvgIpc) is 2.61. The van der Waals surface area contributed by atoms with Crippen LogP contribution in [0.25, 0.3) is 0 Å². The van der Waals surface area contributed by atoms with E-state index in [9.17, 15) is 4.79 Å². The van der Waals surface area contributed by atoms with Crippen molar-refractivity contribution < 1.29 is 9.53 Å². The van der Waals surface area contributed by atoms with Crippen LogP contribution in [0, 0.1) is 16.7 Å². The van der Waals surface area contributed by atoms with Crippen LogP contribution in [0.3, 0.4) is 0 Å². The standard InChI is InChI=1S/C19H28N4O2/c1-19(2,15-20)18(24)23-11-9-22(10-12-23)16-7-5-6-8-17(16)25-14-13-21(3)4/h5-8H,9-14H2,1-4H3. The molecule has 0 bridgehead atoms. The highest BCUT2D eigenvalue weighted by atomic mass is 16.5. The number of nitriles is 1. The zero-order valence-corrected chi connectivity index (χ0v) is 15.7. The fourth-order valence-corrected chi connectivity index (χ4v) is 2.77. The molecule has 0 saturated carbocycles. The number of amides is 1. The molecule has 0 aromatic heterocycles. The Kier molecular flexibility index (Phi) is 6.27. The third kappa shape index (κ3) is 4.86. The second kappa shape index (κ2) is 8.21. The lowest BCUT2D eigenvalue weighted by atomic mass is 9.93. The summed E-state index contributed by atoms with van der Waals surface area (Å²) in [5, 5.41) is 9.16. The zero-order valence-electron chi connectivity index (χ0n) is 15.7. The van der Waals surface area contributed by atoms with Crippen molar-refractivity contribution in [1.29, 1.82) is 5.26 Å². The van der Waals surface area contributed by atoms with E-state index in [0.29, 0.717) is 19.7 Å². The van der Waals surface area contributed by atoms with Gasteiger partial charge in [-0.25, -0.2) is 0 Å². The zero-order chi connectivity index (χ0) is 18.4. The van der Waals surface area contributed by atoms with Gasteiger partial charge in [0.05, 0.1) is 11.8 Å². The molecule has 1 amide bonds. The fraction of sp³-hybridized carbons (Fsp3) is 0.579. The summed E-state index contributed by atoms with van der Waals surface area (Å²) in [6.07, 6.45) is 0. The molecule has 0 spiro atoms. The highest BCUT2D eigenvalue weighted by Crippen LogP contribution is 2.29. The first-order valence-corrected chi connectivity index (χ1v) is 8.67. The molecule has 1 aliphatic heterocycles. The minimum atomic E-state index is -0.963. The summed E-state index contributed by atoms with van der Waals surface area (Å²) >= 11 is 0. The summed E-state index contributed by atoms with van der Waals surface area (Å²) in [6.45, 7) is 7.57. The van der Waals surface area contributed by atoms with Crippen LogP contribution in [-0.4, -0.2) is 69.1 Å². The molecule has 0 aliphatic carbocycles. The number of rotatable bonds is 6. The van der Waals surface area contributed by atoms with Gasteiger partial charge in [0.2, 0.25) is 5.91 Å². The van der Waals surface area contributed by atoms with E-state index in [1.807, 2.05) is 32.3 Å². The third-order valence-corrected chi connectivity index (χ3v) is 4.38. The first kappa shape index (κ1) is 19.1. The SMILES string of the molecule is CN(C)CCOc1ccccc1N1CCN(C(=O)C(C)(C)C#N)CC1. The van der Waals surface area contributed by atoms with Gasteiger partial charge in [-0.05, 0) is 40.1 Å². The van der Waals surface area contributed by atoms with Gasteiger partial charge < -0.3 is 19.4 Å². The molecule has 25 heavy (non-hydrogen) atoms. The number of ether oxygens (including phenoxy) is 1. The summed E-state index contributed by atoms with van der Waals surface area (Å²) < 4.78 is 5.94. The first-order valence-electron chi connectivity index (χ1n) is 8.67. The number of hydrogen-bond donors (Lipinski definition) is 0. The maximum absolute atomic E-state index is 12.4. The summed E-state index contributed by atoms with van der Waals surface area (Å²) in [5.74, 6) is 0.784. The molecule has 0 atom stereocenters. The van der Waals surface area contributed by atoms with E-state index in [4.69, 9.17) is 10.00 Å². The van der Waals surface area contributed by atoms with Crippen molar-refractivity contribution in [3.8, 4) is 11.8 Å². The van der Waals surface area contributed by atoms with Gasteiger partial charge in [-0.3, -0.25) is 4.79 Å². The minimum absolute atomic E-state index is 0.0924. The van der Waals surface area contributed by atoms with Crippen molar-refractivity contribution in [3.63, 3.8) is 0 Å². The average molecular weight is 344 g/mol. The van der Waals surface area contributed by atoms with E-state index in [1.54, 1.807) is 18.7 Å². The molecule has 1 aliphatic rings. The Morgan fingerprint density at radius 3 is 2.48 bits per heavy atom. The quantitative estimate of drug-likeness (QED) is 0.788. The molecule has 0 unspecified atom stereocenters. The van der Waals surface area contributed by atoms with Gasteiger partial charge in [0.15, 0.2) is 0 Å². The number of para-hydroxylation sites is 2. The Hall–Kier alpha value is -2.26. The molecule has 1 fully saturated rings. The monoisotopic (exact) mass is 344 g/mol. The lowest BCUT2D eigenvalue weighted by Crippen LogP contribution is -2.52. The summed E-state index contributed by atoms with van der Waals surface area (Å²) in [7, 11) is 4.04. The molecule has 2 rings (SSSR count). The molecule has 0 N–H and O–H groups in total. The Bertz CT molecular complexity index is 629. The summed E-state index contributed by atoms with van der Waals surface area (Å²) in [5.41, 5.74) is 0.0999. The number of anilines is 1. The molecule has 1 aromatic rings. The van der Waals surface area contributed by atoms with Crippen molar-refractivity contribution in [2.75, 3.05) is 58.3 Å². The van der Waals surface area contributed by atoms with Crippen molar-refractivity contribution in [2.24, 2.45) is 5.41 Å². The van der Waals surface area contributed by atoms with Crippen LogP contribution in [0.15, 0.2) is 24.3 Å². The highest BCUT2D eigenvalue weighted by Gasteiger charge is 2.33. The number of benzene rings is 1. The van der Waals surface area contributed by atoms with Gasteiger partial charge in [-0.1, -0.05) is 12.1 Å². The third-order valence-electron chi connectivity index (χ3n) is 4.38. The molecule has 1 aromatic carbocycles. The second-order valence-corrected chi connectivity index (χ2v) is 7.14. The maximum atomic E-state index is 12.4. The number of carbonyl (C=O) groups excluding carboxylic acids is 1. The van der Waals surface area contributed by atoms with Crippen LogP contribution < -0.4 is 9.64 Å². The smallest absolute Gasteiger partial charge is 0.242 e. The van der Waals surface area contributed by atoms with Crippen molar-refractivity contribution in [1.82, 2.24) is 9.80 Å². The number of piperazine rings is 1. The van der Waals surface area contributed by atoms with Crippen LogP contribution in [0.5, 0.6) is 5.75 Å². The lowest BCUT2D eigenvalue weighted by Gasteiger charge is -2.38. The van der Waals surface area contributed by atoms with Gasteiger partial charge in [-0.2, -0.15) is 5.26 Å². The van der Waals surface area contributed by atoms with Crippen LogP contribution in [0.4, 0.5) is 5.69 Å². The summed E-state index contributed by atoms with van der Waals surface area (Å²) in [4.78, 5) is 18.5. The van der Waals surface area contributed by atoms with Gasteiger partial charge >= 0.3 is 0 Å². The van der Waals surface area contributed by atoms with Crippen molar-refractivity contribution in [3.05, 3.63) is 24.3 Å². The van der Waals surface area contributed by atoms with Gasteiger partial charge in [0.25, 0.3) is 0 Å². The van der Waals surface area contributed by atoms with Crippen LogP contribution in [0.2, 0.25) is 0 Å². The van der Waals surface area contributed by atoms with Crippen molar-refractivity contribution in [2.45, 2.75) is 13.8 Å². The minimum Gasteiger partial charge on any atom is -0.490 e. The predicted molar refractivity (Wildman–Crippen MR) is 98.7 cm³/mol. The molecular formula is C19H28N4O2. The van der Waals surface area contributed by atoms with Gasteiger partial charge in [0, 0.05) is 32.7 Å². The van der Waals surface area contributed by atoms with E-state index in [2.05, 4.69) is 21.9 Å². The number of carbonyl (C=O) groups is 1. The molecular weight excluding hydrogens is 316 g/mol. The number of hydrogen-bond acceptors (Lipinski definition) is 5. The van der Waals surface area contributed by atoms with E-state index in [-0.39, 0.29) is 5.91 Å². The first-order chi connectivity index (χ1) is 11.8. The van der Waals surface area contributed by atoms with Crippen LogP contribution >= 0.6 is 0 Å². The van der Waals surface area contributed by atoms with E-state index < -0.39 is 5.41 Å². The van der Waals surface area contributed by atoms with E-state index >= 15 is 0 Å². The Morgan fingerprint density at radius 1 is 1.24 bits per heavy atom. The summed E-state index contributed by atoms with van der Waals surface area (Å²) in [6, 6.07) is 10.1. The van der Waals surface area contributed by atoms with E-state index in [1.165, 1.54) is 0 Å². The molecule has 0 radical (unpaired) electrons. The van der Waals surface area contributed by atoms with Crippen molar-refractivity contribution >= 4 is 11.6 Å².